The molecule has 2 aromatic carbocycles. The van der Waals surface area contributed by atoms with Crippen LogP contribution in [0.2, 0.25) is 5.02 Å². The fourth-order valence-electron chi connectivity index (χ4n) is 12.6. The molecule has 0 bridgehead atoms. The standard InChI is InChI=1S/C67H94ClF8N11O11/c1-15-39(5)55-61(96)82(10)35-53(90)80(8)36-54(91)85(13)49(32-43-19-23-44(24-20-43)66(71,72)73)60(95)81(9)34-51(88)77-47(26-22-42-21-25-45(46(68)31-42)67(74,75)76)59(94)87-37-65(69,70)33-50(87)58(93)79-64(27-17-18-28-64)63(98)86(14)56(40(6)16-2)62(97)83(11)41(7)30-52(89)84(12)48(29-38(3)4)57(92)78-55/h19-21,23-25,31,38-41,47-50,55-56H,15-18,22,26-30,32-37H2,1-14H3,(H,77,88)(H,78,92)(H,79,93)/t39-,40-,41+,47-,48-,49-,50?,55-,56-/m0/s1. The number of rotatable bonds is 11. The number of hydrogen-bond donors (Lipinski definition) is 3. The van der Waals surface area contributed by atoms with Crippen LogP contribution in [0.25, 0.3) is 0 Å². The summed E-state index contributed by atoms with van der Waals surface area (Å²) in [6, 6.07) is -3.87. The largest absolute Gasteiger partial charge is 0.417 e. The number of halogens is 9. The lowest BCUT2D eigenvalue weighted by atomic mass is 9.90. The summed E-state index contributed by atoms with van der Waals surface area (Å²) in [5, 5.41) is 7.19. The molecule has 1 spiro atoms. The summed E-state index contributed by atoms with van der Waals surface area (Å²) in [7, 11) is 8.96. The summed E-state index contributed by atoms with van der Waals surface area (Å²) in [6.45, 7) is 8.40. The van der Waals surface area contributed by atoms with Crippen molar-refractivity contribution in [1.29, 1.82) is 0 Å². The number of nitrogens with zero attached hydrogens (tertiary/aromatic N) is 8. The maximum absolute atomic E-state index is 16.0. The van der Waals surface area contributed by atoms with Gasteiger partial charge in [-0.25, -0.2) is 8.78 Å². The lowest BCUT2D eigenvalue weighted by Gasteiger charge is -2.41. The van der Waals surface area contributed by atoms with E-state index in [0.717, 1.165) is 70.1 Å². The molecule has 22 nitrogen and oxygen atoms in total. The summed E-state index contributed by atoms with van der Waals surface area (Å²) >= 11 is 6.04. The van der Waals surface area contributed by atoms with Crippen LogP contribution in [-0.2, 0) is 77.9 Å². The van der Waals surface area contributed by atoms with Gasteiger partial charge in [-0.05, 0) is 92.2 Å². The van der Waals surface area contributed by atoms with Crippen molar-refractivity contribution in [2.45, 2.75) is 192 Å². The fourth-order valence-corrected chi connectivity index (χ4v) is 12.9. The Hall–Kier alpha value is -7.66. The Morgan fingerprint density at radius 1 is 0.612 bits per heavy atom. The minimum absolute atomic E-state index is 0.0337. The van der Waals surface area contributed by atoms with Gasteiger partial charge in [0.15, 0.2) is 0 Å². The van der Waals surface area contributed by atoms with E-state index in [1.165, 1.54) is 49.9 Å². The lowest BCUT2D eigenvalue weighted by molar-refractivity contribution is -0.153. The van der Waals surface area contributed by atoms with Crippen molar-refractivity contribution in [3.05, 3.63) is 69.7 Å². The zero-order chi connectivity index (χ0) is 74.0. The minimum atomic E-state index is -4.88. The molecule has 3 N–H and O–H groups in total. The molecule has 1 unspecified atom stereocenters. The van der Waals surface area contributed by atoms with Gasteiger partial charge < -0.3 is 55.1 Å². The second kappa shape index (κ2) is 33.5. The molecule has 9 atom stereocenters. The zero-order valence-corrected chi connectivity index (χ0v) is 58.9. The molecule has 2 heterocycles. The third-order valence-corrected chi connectivity index (χ3v) is 19.5. The molecule has 11 amide bonds. The van der Waals surface area contributed by atoms with Gasteiger partial charge in [-0.2, -0.15) is 26.3 Å². The monoisotopic (exact) mass is 1420 g/mol. The van der Waals surface area contributed by atoms with E-state index in [4.69, 9.17) is 11.6 Å². The summed E-state index contributed by atoms with van der Waals surface area (Å²) in [4.78, 5) is 168. The summed E-state index contributed by atoms with van der Waals surface area (Å²) in [6.07, 6.45) is -11.2. The molecule has 2 aromatic rings. The number of nitrogens with one attached hydrogen (secondary N) is 3. The molecule has 2 aliphatic heterocycles. The topological polar surface area (TPSA) is 250 Å². The molecule has 0 aromatic heterocycles. The Bertz CT molecular complexity index is 3240. The van der Waals surface area contributed by atoms with Crippen LogP contribution in [-0.4, -0.2) is 233 Å². The van der Waals surface area contributed by atoms with E-state index in [2.05, 4.69) is 16.0 Å². The number of aryl methyl sites for hydroxylation is 1. The van der Waals surface area contributed by atoms with Crippen LogP contribution in [0.15, 0.2) is 42.5 Å². The third-order valence-electron chi connectivity index (χ3n) is 19.2. The number of alkyl halides is 8. The molecule has 5 rings (SSSR count). The summed E-state index contributed by atoms with van der Waals surface area (Å²) < 4.78 is 115. The van der Waals surface area contributed by atoms with Crippen LogP contribution in [0, 0.1) is 17.8 Å². The Morgan fingerprint density at radius 3 is 1.72 bits per heavy atom. The number of hydrogen-bond acceptors (Lipinski definition) is 11. The SMILES string of the molecule is CC[C@H](C)[C@@H]1NC(=O)[C@H](CC(C)C)N(C)C(=O)C[C@@H](C)N(C)C(=O)[C@H]([C@@H](C)CC)N(C)C(=O)C2(CCCC2)NC(=O)C2CC(F)(F)CN2C(=O)[C@H](CCc2ccc(C(F)(F)F)c(Cl)c2)NC(=O)CN(C)C(=O)[C@H](Cc2ccc(C(F)(F)F)cc2)N(C)C(=O)CN(C)C(=O)CN(C)C1=O. The van der Waals surface area contributed by atoms with Gasteiger partial charge in [0.2, 0.25) is 65.0 Å². The molecule has 0 radical (unpaired) electrons. The van der Waals surface area contributed by atoms with Crippen LogP contribution >= 0.6 is 11.6 Å². The maximum atomic E-state index is 16.0. The molecular weight excluding hydrogens is 1320 g/mol. The van der Waals surface area contributed by atoms with Crippen molar-refractivity contribution in [3.63, 3.8) is 0 Å². The van der Waals surface area contributed by atoms with E-state index < -0.39 is 205 Å². The third kappa shape index (κ3) is 20.3. The normalized spacial score (nSPS) is 25.1. The van der Waals surface area contributed by atoms with Gasteiger partial charge in [0.1, 0.15) is 41.8 Å². The van der Waals surface area contributed by atoms with Gasteiger partial charge in [0, 0.05) is 74.6 Å². The molecular formula is C67H94ClF8N11O11. The molecule has 1 saturated carbocycles. The predicted molar refractivity (Wildman–Crippen MR) is 346 cm³/mol. The first-order valence-electron chi connectivity index (χ1n) is 32.8. The van der Waals surface area contributed by atoms with Crippen LogP contribution in [0.1, 0.15) is 135 Å². The highest BCUT2D eigenvalue weighted by Gasteiger charge is 2.55. The number of amides is 11. The summed E-state index contributed by atoms with van der Waals surface area (Å²) in [5.74, 6) is -14.8. The molecule has 3 fully saturated rings. The van der Waals surface area contributed by atoms with Crippen LogP contribution in [0.3, 0.4) is 0 Å². The van der Waals surface area contributed by atoms with Gasteiger partial charge in [0.05, 0.1) is 42.3 Å². The number of likely N-dealkylation sites (N-methyl/N-ethyl adjacent to an activating group) is 7. The molecule has 546 valence electrons. The van der Waals surface area contributed by atoms with Crippen molar-refractivity contribution >= 4 is 76.6 Å². The second-order valence-corrected chi connectivity index (χ2v) is 27.5. The zero-order valence-electron chi connectivity index (χ0n) is 58.1. The molecule has 1 aliphatic carbocycles. The van der Waals surface area contributed by atoms with Crippen LogP contribution in [0.5, 0.6) is 0 Å². The summed E-state index contributed by atoms with van der Waals surface area (Å²) in [5.41, 5.74) is -3.91. The van der Waals surface area contributed by atoms with Gasteiger partial charge in [0.25, 0.3) is 5.92 Å². The highest BCUT2D eigenvalue weighted by atomic mass is 35.5. The Balaban J connectivity index is 1.63. The van der Waals surface area contributed by atoms with E-state index in [1.54, 1.807) is 34.6 Å². The molecule has 3 aliphatic rings. The fraction of sp³-hybridized carbons (Fsp3) is 0.657. The Kier molecular flexibility index (Phi) is 27.7. The number of fused-ring (bicyclic) bond motifs is 1. The van der Waals surface area contributed by atoms with Crippen molar-refractivity contribution in [3.8, 4) is 0 Å². The number of carbonyl (C=O) groups is 11. The first-order valence-corrected chi connectivity index (χ1v) is 33.2. The quantitative estimate of drug-likeness (QED) is 0.207. The average Bonchev–Trinajstić information content (AvgIpc) is 1.43. The van der Waals surface area contributed by atoms with Crippen molar-refractivity contribution in [1.82, 2.24) is 55.1 Å². The Labute approximate surface area is 572 Å². The Morgan fingerprint density at radius 2 is 1.17 bits per heavy atom. The van der Waals surface area contributed by atoms with Gasteiger partial charge >= 0.3 is 12.4 Å². The van der Waals surface area contributed by atoms with Crippen molar-refractivity contribution in [2.24, 2.45) is 17.8 Å². The first kappa shape index (κ1) is 81.0. The number of carbonyl (C=O) groups excluding carboxylic acids is 11. The van der Waals surface area contributed by atoms with Gasteiger partial charge in [-0.1, -0.05) is 97.0 Å². The van der Waals surface area contributed by atoms with E-state index in [-0.39, 0.29) is 49.1 Å². The van der Waals surface area contributed by atoms with E-state index in [9.17, 15) is 69.5 Å². The van der Waals surface area contributed by atoms with Gasteiger partial charge in [-0.15, -0.1) is 0 Å². The van der Waals surface area contributed by atoms with Crippen LogP contribution in [0.4, 0.5) is 35.1 Å². The van der Waals surface area contributed by atoms with E-state index in [1.807, 2.05) is 13.8 Å². The highest BCUT2D eigenvalue weighted by molar-refractivity contribution is 6.31. The average molecular weight is 1420 g/mol. The first-order chi connectivity index (χ1) is 45.4. The van der Waals surface area contributed by atoms with Crippen molar-refractivity contribution in [2.75, 3.05) is 75.5 Å². The van der Waals surface area contributed by atoms with E-state index in [0.29, 0.717) is 36.6 Å². The van der Waals surface area contributed by atoms with Crippen molar-refractivity contribution < 1.29 is 87.9 Å². The predicted octanol–water partition coefficient (Wildman–Crippen LogP) is 6.43. The smallest absolute Gasteiger partial charge is 0.343 e. The maximum Gasteiger partial charge on any atom is 0.417 e. The van der Waals surface area contributed by atoms with E-state index >= 15 is 18.4 Å². The second-order valence-electron chi connectivity index (χ2n) is 27.1. The van der Waals surface area contributed by atoms with Crippen LogP contribution < -0.4 is 16.0 Å². The van der Waals surface area contributed by atoms with Gasteiger partial charge in [-0.3, -0.25) is 52.7 Å². The molecule has 98 heavy (non-hydrogen) atoms. The molecule has 31 heteroatoms. The number of benzene rings is 2. The minimum Gasteiger partial charge on any atom is -0.343 e. The molecule has 2 saturated heterocycles. The highest BCUT2D eigenvalue weighted by Crippen LogP contribution is 2.39. The lowest BCUT2D eigenvalue weighted by Crippen LogP contribution is -2.64.